The van der Waals surface area contributed by atoms with Crippen LogP contribution in [0.1, 0.15) is 38.2 Å². The molecule has 1 atom stereocenters. The third kappa shape index (κ3) is 4.06. The molecule has 3 aromatic heterocycles. The molecule has 0 aliphatic carbocycles. The molecule has 3 N–H and O–H groups in total. The molecular formula is C25H21N5O3. The molecule has 5 aromatic rings. The van der Waals surface area contributed by atoms with Crippen LogP contribution < -0.4 is 10.6 Å². The standard InChI is InChI=1S/C25H21N5O3/c1-15-23(33-14-29-15)25(32)28-13-21(18-7-6-16-4-2-3-5-17(16)10-18)30-24(31)20-11-26-12-22-19(20)8-9-27-22/h2-12,14,21,27H,13H2,1H3,(H,28,32)(H,30,31). The third-order valence-corrected chi connectivity index (χ3v) is 5.62. The number of aromatic amines is 1. The highest BCUT2D eigenvalue weighted by Gasteiger charge is 2.21. The summed E-state index contributed by atoms with van der Waals surface area (Å²) in [6.07, 6.45) is 6.22. The van der Waals surface area contributed by atoms with E-state index in [1.54, 1.807) is 25.5 Å². The van der Waals surface area contributed by atoms with Crippen molar-refractivity contribution in [2.75, 3.05) is 6.54 Å². The van der Waals surface area contributed by atoms with E-state index in [1.807, 2.05) is 48.5 Å². The second kappa shape index (κ2) is 8.58. The zero-order valence-corrected chi connectivity index (χ0v) is 17.8. The van der Waals surface area contributed by atoms with E-state index in [0.29, 0.717) is 11.3 Å². The number of nitrogens with one attached hydrogen (secondary N) is 3. The first-order valence-electron chi connectivity index (χ1n) is 10.5. The molecule has 2 amide bonds. The maximum absolute atomic E-state index is 13.2. The quantitative estimate of drug-likeness (QED) is 0.371. The molecular weight excluding hydrogens is 418 g/mol. The summed E-state index contributed by atoms with van der Waals surface area (Å²) in [7, 11) is 0. The molecule has 0 aliphatic rings. The number of fused-ring (bicyclic) bond motifs is 2. The molecule has 0 radical (unpaired) electrons. The lowest BCUT2D eigenvalue weighted by Gasteiger charge is -2.20. The van der Waals surface area contributed by atoms with Crippen molar-refractivity contribution in [1.29, 1.82) is 0 Å². The smallest absolute Gasteiger partial charge is 0.289 e. The monoisotopic (exact) mass is 439 g/mol. The number of amides is 2. The van der Waals surface area contributed by atoms with Gasteiger partial charge in [-0.15, -0.1) is 0 Å². The summed E-state index contributed by atoms with van der Waals surface area (Å²) in [6.45, 7) is 1.87. The predicted molar refractivity (Wildman–Crippen MR) is 124 cm³/mol. The van der Waals surface area contributed by atoms with E-state index in [9.17, 15) is 9.59 Å². The number of nitrogens with zero attached hydrogens (tertiary/aromatic N) is 2. The maximum Gasteiger partial charge on any atom is 0.289 e. The number of aryl methyl sites for hydroxylation is 1. The van der Waals surface area contributed by atoms with Gasteiger partial charge in [0.15, 0.2) is 6.39 Å². The summed E-state index contributed by atoms with van der Waals surface area (Å²) in [6, 6.07) is 15.3. The summed E-state index contributed by atoms with van der Waals surface area (Å²) in [4.78, 5) is 37.0. The van der Waals surface area contributed by atoms with Crippen LogP contribution in [0.4, 0.5) is 0 Å². The summed E-state index contributed by atoms with van der Waals surface area (Å²) in [5.41, 5.74) is 2.60. The first-order valence-corrected chi connectivity index (χ1v) is 10.5. The number of carbonyl (C=O) groups is 2. The van der Waals surface area contributed by atoms with Gasteiger partial charge in [-0.1, -0.05) is 36.4 Å². The molecule has 0 aliphatic heterocycles. The van der Waals surface area contributed by atoms with Gasteiger partial charge in [-0.3, -0.25) is 14.6 Å². The number of H-pyrrole nitrogens is 1. The zero-order chi connectivity index (χ0) is 22.8. The Morgan fingerprint density at radius 3 is 2.73 bits per heavy atom. The number of hydrogen-bond acceptors (Lipinski definition) is 5. The number of pyridine rings is 1. The first kappa shape index (κ1) is 20.4. The lowest BCUT2D eigenvalue weighted by atomic mass is 10.0. The van der Waals surface area contributed by atoms with Crippen LogP contribution in [0.15, 0.2) is 77.9 Å². The number of aromatic nitrogens is 3. The van der Waals surface area contributed by atoms with E-state index < -0.39 is 6.04 Å². The predicted octanol–water partition coefficient (Wildman–Crippen LogP) is 3.91. The van der Waals surface area contributed by atoms with Gasteiger partial charge in [0.25, 0.3) is 11.8 Å². The Morgan fingerprint density at radius 1 is 1.06 bits per heavy atom. The average molecular weight is 439 g/mol. The highest BCUT2D eigenvalue weighted by atomic mass is 16.3. The van der Waals surface area contributed by atoms with Gasteiger partial charge in [0.2, 0.25) is 5.76 Å². The molecule has 2 aromatic carbocycles. The van der Waals surface area contributed by atoms with Gasteiger partial charge in [0.05, 0.1) is 29.0 Å². The molecule has 0 saturated carbocycles. The van der Waals surface area contributed by atoms with E-state index in [1.165, 1.54) is 6.39 Å². The van der Waals surface area contributed by atoms with Crippen LogP contribution >= 0.6 is 0 Å². The minimum atomic E-state index is -0.483. The van der Waals surface area contributed by atoms with Crippen LogP contribution in [-0.2, 0) is 0 Å². The highest BCUT2D eigenvalue weighted by Crippen LogP contribution is 2.22. The summed E-state index contributed by atoms with van der Waals surface area (Å²) in [5.74, 6) is -0.518. The van der Waals surface area contributed by atoms with Crippen LogP contribution in [-0.4, -0.2) is 33.3 Å². The summed E-state index contributed by atoms with van der Waals surface area (Å²) in [5, 5.41) is 8.82. The van der Waals surface area contributed by atoms with Crippen LogP contribution in [0.5, 0.6) is 0 Å². The Labute approximate surface area is 189 Å². The Hall–Kier alpha value is -4.46. The van der Waals surface area contributed by atoms with Crippen molar-refractivity contribution < 1.29 is 14.0 Å². The SMILES string of the molecule is Cc1ncoc1C(=O)NCC(NC(=O)c1cncc2[nH]ccc12)c1ccc2ccccc2c1. The Bertz CT molecular complexity index is 1470. The zero-order valence-electron chi connectivity index (χ0n) is 17.8. The maximum atomic E-state index is 13.2. The topological polar surface area (TPSA) is 113 Å². The van der Waals surface area contributed by atoms with Crippen molar-refractivity contribution in [3.05, 3.63) is 96.1 Å². The van der Waals surface area contributed by atoms with Gasteiger partial charge in [-0.05, 0) is 35.4 Å². The van der Waals surface area contributed by atoms with Crippen molar-refractivity contribution >= 4 is 33.5 Å². The summed E-state index contributed by atoms with van der Waals surface area (Å²) < 4.78 is 5.19. The fraction of sp³-hybridized carbons (Fsp3) is 0.120. The van der Waals surface area contributed by atoms with E-state index in [2.05, 4.69) is 25.6 Å². The molecule has 0 bridgehead atoms. The highest BCUT2D eigenvalue weighted by molar-refractivity contribution is 6.06. The van der Waals surface area contributed by atoms with E-state index in [0.717, 1.165) is 27.2 Å². The number of carbonyl (C=O) groups excluding carboxylic acids is 2. The molecule has 164 valence electrons. The van der Waals surface area contributed by atoms with Crippen LogP contribution in [0, 0.1) is 6.92 Å². The molecule has 1 unspecified atom stereocenters. The molecule has 5 rings (SSSR count). The molecule has 3 heterocycles. The van der Waals surface area contributed by atoms with Gasteiger partial charge < -0.3 is 20.0 Å². The van der Waals surface area contributed by atoms with Gasteiger partial charge in [0.1, 0.15) is 0 Å². The molecule has 0 spiro atoms. The lowest BCUT2D eigenvalue weighted by Crippen LogP contribution is -2.38. The fourth-order valence-corrected chi connectivity index (χ4v) is 3.87. The largest absolute Gasteiger partial charge is 0.438 e. The van der Waals surface area contributed by atoms with E-state index in [-0.39, 0.29) is 24.1 Å². The Morgan fingerprint density at radius 2 is 1.91 bits per heavy atom. The van der Waals surface area contributed by atoms with Crippen LogP contribution in [0.2, 0.25) is 0 Å². The first-order chi connectivity index (χ1) is 16.1. The van der Waals surface area contributed by atoms with Gasteiger partial charge in [0, 0.05) is 24.3 Å². The second-order valence-electron chi connectivity index (χ2n) is 7.74. The number of benzene rings is 2. The molecule has 33 heavy (non-hydrogen) atoms. The van der Waals surface area contributed by atoms with Crippen molar-refractivity contribution in [2.45, 2.75) is 13.0 Å². The average Bonchev–Trinajstić information content (AvgIpc) is 3.49. The normalized spacial score (nSPS) is 12.0. The fourth-order valence-electron chi connectivity index (χ4n) is 3.87. The van der Waals surface area contributed by atoms with Crippen molar-refractivity contribution in [3.8, 4) is 0 Å². The molecule has 8 nitrogen and oxygen atoms in total. The van der Waals surface area contributed by atoms with Gasteiger partial charge in [-0.2, -0.15) is 0 Å². The van der Waals surface area contributed by atoms with Gasteiger partial charge in [-0.25, -0.2) is 4.98 Å². The lowest BCUT2D eigenvalue weighted by molar-refractivity contribution is 0.0894. The van der Waals surface area contributed by atoms with E-state index >= 15 is 0 Å². The second-order valence-corrected chi connectivity index (χ2v) is 7.74. The van der Waals surface area contributed by atoms with Crippen LogP contribution in [0.25, 0.3) is 21.7 Å². The van der Waals surface area contributed by atoms with Crippen LogP contribution in [0.3, 0.4) is 0 Å². The summed E-state index contributed by atoms with van der Waals surface area (Å²) >= 11 is 0. The van der Waals surface area contributed by atoms with E-state index in [4.69, 9.17) is 4.42 Å². The molecule has 0 saturated heterocycles. The Kier molecular flexibility index (Phi) is 5.32. The minimum absolute atomic E-state index is 0.153. The Balaban J connectivity index is 1.44. The van der Waals surface area contributed by atoms with Crippen molar-refractivity contribution in [3.63, 3.8) is 0 Å². The van der Waals surface area contributed by atoms with Crippen molar-refractivity contribution in [2.24, 2.45) is 0 Å². The number of rotatable bonds is 6. The number of oxazole rings is 1. The molecule has 0 fully saturated rings. The third-order valence-electron chi connectivity index (χ3n) is 5.62. The van der Waals surface area contributed by atoms with Crippen molar-refractivity contribution in [1.82, 2.24) is 25.6 Å². The number of hydrogen-bond donors (Lipinski definition) is 3. The molecule has 8 heteroatoms. The van der Waals surface area contributed by atoms with Gasteiger partial charge >= 0.3 is 0 Å². The minimum Gasteiger partial charge on any atom is -0.438 e.